The highest BCUT2D eigenvalue weighted by Gasteiger charge is 2.35. The van der Waals surface area contributed by atoms with E-state index in [4.69, 9.17) is 5.11 Å². The summed E-state index contributed by atoms with van der Waals surface area (Å²) < 4.78 is 21.8. The SMILES string of the molecule is Cc1cc(Cn2c3c(c(O)c(C(=O)NCC(=O)O)c2=O)CS(O)(O)C3)ccc1-c1ccccc1. The highest BCUT2D eigenvalue weighted by atomic mass is 32.3. The Hall–Kier alpha value is -3.60. The molecule has 0 fully saturated rings. The smallest absolute Gasteiger partial charge is 0.322 e. The van der Waals surface area contributed by atoms with Crippen LogP contribution < -0.4 is 10.9 Å². The van der Waals surface area contributed by atoms with E-state index in [-0.39, 0.29) is 29.3 Å². The van der Waals surface area contributed by atoms with Crippen molar-refractivity contribution in [1.29, 1.82) is 0 Å². The van der Waals surface area contributed by atoms with E-state index in [0.717, 1.165) is 22.3 Å². The van der Waals surface area contributed by atoms with E-state index in [1.807, 2.05) is 55.5 Å². The van der Waals surface area contributed by atoms with E-state index in [2.05, 4.69) is 5.32 Å². The van der Waals surface area contributed by atoms with Crippen LogP contribution in [0.1, 0.15) is 32.7 Å². The van der Waals surface area contributed by atoms with E-state index in [1.54, 1.807) is 0 Å². The second-order valence-corrected chi connectivity index (χ2v) is 10.4. The largest absolute Gasteiger partial charge is 0.506 e. The molecular weight excluding hydrogens is 460 g/mol. The van der Waals surface area contributed by atoms with Crippen LogP contribution in [0.4, 0.5) is 0 Å². The molecule has 3 aromatic rings. The molecule has 1 aromatic heterocycles. The lowest BCUT2D eigenvalue weighted by Gasteiger charge is -2.25. The number of hydrogen-bond acceptors (Lipinski definition) is 6. The van der Waals surface area contributed by atoms with Crippen LogP contribution in [0.2, 0.25) is 0 Å². The lowest BCUT2D eigenvalue weighted by Crippen LogP contribution is -2.37. The number of pyridine rings is 1. The van der Waals surface area contributed by atoms with E-state index < -0.39 is 45.9 Å². The number of nitrogens with one attached hydrogen (secondary N) is 1. The van der Waals surface area contributed by atoms with Crippen LogP contribution in [0.5, 0.6) is 5.75 Å². The van der Waals surface area contributed by atoms with Gasteiger partial charge < -0.3 is 20.1 Å². The number of fused-ring (bicyclic) bond motifs is 1. The van der Waals surface area contributed by atoms with E-state index >= 15 is 0 Å². The van der Waals surface area contributed by atoms with Gasteiger partial charge in [0.05, 0.1) is 18.1 Å². The normalized spacial score (nSPS) is 14.9. The fourth-order valence-electron chi connectivity index (χ4n) is 4.19. The standard InChI is InChI=1S/C24H24N2O7S/c1-14-9-15(7-8-17(14)16-5-3-2-4-6-16)11-26-19-13-34(32,33)12-18(19)22(29)21(24(26)31)23(30)25-10-20(27)28/h2-9,29,32-33H,10-13H2,1H3,(H,25,30)(H,27,28). The van der Waals surface area contributed by atoms with Crippen molar-refractivity contribution >= 4 is 22.5 Å². The highest BCUT2D eigenvalue weighted by Crippen LogP contribution is 2.54. The third-order valence-corrected chi connectivity index (χ3v) is 7.23. The maximum absolute atomic E-state index is 13.3. The molecular formula is C24H24N2O7S. The third kappa shape index (κ3) is 4.56. The molecule has 9 nitrogen and oxygen atoms in total. The van der Waals surface area contributed by atoms with Crippen molar-refractivity contribution in [3.8, 4) is 16.9 Å². The Balaban J connectivity index is 1.77. The Morgan fingerprint density at radius 2 is 1.79 bits per heavy atom. The highest BCUT2D eigenvalue weighted by molar-refractivity contribution is 8.23. The van der Waals surface area contributed by atoms with Crippen LogP contribution in [0.25, 0.3) is 11.1 Å². The molecule has 4 rings (SSSR count). The number of rotatable bonds is 6. The second kappa shape index (κ2) is 8.98. The molecule has 0 saturated heterocycles. The summed E-state index contributed by atoms with van der Waals surface area (Å²) >= 11 is 0. The first-order valence-electron chi connectivity index (χ1n) is 10.4. The number of nitrogens with zero attached hydrogens (tertiary/aromatic N) is 1. The average molecular weight is 485 g/mol. The van der Waals surface area contributed by atoms with Crippen LogP contribution >= 0.6 is 10.6 Å². The monoisotopic (exact) mass is 484 g/mol. The van der Waals surface area contributed by atoms with Crippen LogP contribution in [0, 0.1) is 6.92 Å². The first-order valence-corrected chi connectivity index (χ1v) is 12.3. The molecule has 0 atom stereocenters. The molecule has 10 heteroatoms. The van der Waals surface area contributed by atoms with Crippen LogP contribution in [-0.2, 0) is 22.8 Å². The van der Waals surface area contributed by atoms with Gasteiger partial charge in [-0.15, -0.1) is 0 Å². The molecule has 0 bridgehead atoms. The molecule has 0 radical (unpaired) electrons. The number of aromatic nitrogens is 1. The van der Waals surface area contributed by atoms with Crippen LogP contribution in [0.15, 0.2) is 53.3 Å². The minimum absolute atomic E-state index is 0.0338. The summed E-state index contributed by atoms with van der Waals surface area (Å²) in [5, 5.41) is 21.5. The number of carboxylic acid groups (broad SMARTS) is 1. The maximum atomic E-state index is 13.3. The van der Waals surface area contributed by atoms with Gasteiger partial charge in [0.2, 0.25) is 0 Å². The van der Waals surface area contributed by atoms with Gasteiger partial charge in [0, 0.05) is 11.3 Å². The Morgan fingerprint density at radius 1 is 1.09 bits per heavy atom. The van der Waals surface area contributed by atoms with Crippen molar-refractivity contribution in [1.82, 2.24) is 9.88 Å². The van der Waals surface area contributed by atoms with Crippen molar-refractivity contribution in [2.24, 2.45) is 0 Å². The molecule has 2 heterocycles. The van der Waals surface area contributed by atoms with Crippen molar-refractivity contribution < 1.29 is 28.9 Å². The molecule has 0 spiro atoms. The quantitative estimate of drug-likeness (QED) is 0.361. The van der Waals surface area contributed by atoms with Gasteiger partial charge in [0.15, 0.2) is 0 Å². The first-order chi connectivity index (χ1) is 16.1. The molecule has 34 heavy (non-hydrogen) atoms. The molecule has 1 amide bonds. The van der Waals surface area contributed by atoms with E-state index in [9.17, 15) is 28.6 Å². The summed E-state index contributed by atoms with van der Waals surface area (Å²) in [5.41, 5.74) is 2.69. The summed E-state index contributed by atoms with van der Waals surface area (Å²) in [7, 11) is -3.12. The average Bonchev–Trinajstić information content (AvgIpc) is 3.11. The number of hydrogen-bond donors (Lipinski definition) is 5. The third-order valence-electron chi connectivity index (χ3n) is 5.74. The summed E-state index contributed by atoms with van der Waals surface area (Å²) in [6.07, 6.45) is 0. The number of aryl methyl sites for hydroxylation is 1. The Bertz CT molecular complexity index is 1350. The van der Waals surface area contributed by atoms with Gasteiger partial charge in [-0.3, -0.25) is 23.5 Å². The predicted octanol–water partition coefficient (Wildman–Crippen LogP) is 3.16. The maximum Gasteiger partial charge on any atom is 0.322 e. The molecule has 178 valence electrons. The Kier molecular flexibility index (Phi) is 6.22. The molecule has 2 aromatic carbocycles. The van der Waals surface area contributed by atoms with Crippen molar-refractivity contribution in [2.75, 3.05) is 6.54 Å². The summed E-state index contributed by atoms with van der Waals surface area (Å²) in [6.45, 7) is 1.24. The van der Waals surface area contributed by atoms with Crippen LogP contribution in [-0.4, -0.2) is 42.3 Å². The number of carbonyl (C=O) groups is 2. The zero-order valence-corrected chi connectivity index (χ0v) is 19.1. The fourth-order valence-corrected chi connectivity index (χ4v) is 5.83. The Labute approximate surface area is 196 Å². The molecule has 1 aliphatic heterocycles. The van der Waals surface area contributed by atoms with Crippen molar-refractivity contribution in [3.05, 3.63) is 86.8 Å². The minimum Gasteiger partial charge on any atom is -0.506 e. The minimum atomic E-state index is -3.12. The van der Waals surface area contributed by atoms with Gasteiger partial charge in [-0.05, 0) is 29.2 Å². The first kappa shape index (κ1) is 23.6. The number of aliphatic carboxylic acids is 1. The number of aromatic hydroxyl groups is 1. The fraction of sp³-hybridized carbons (Fsp3) is 0.208. The zero-order valence-electron chi connectivity index (χ0n) is 18.3. The van der Waals surface area contributed by atoms with Crippen molar-refractivity contribution in [3.63, 3.8) is 0 Å². The van der Waals surface area contributed by atoms with Gasteiger partial charge >= 0.3 is 5.97 Å². The lowest BCUT2D eigenvalue weighted by molar-refractivity contribution is -0.135. The molecule has 0 aliphatic carbocycles. The molecule has 0 unspecified atom stereocenters. The number of amides is 1. The van der Waals surface area contributed by atoms with Gasteiger partial charge in [0.25, 0.3) is 11.5 Å². The molecule has 0 saturated carbocycles. The van der Waals surface area contributed by atoms with Gasteiger partial charge in [0.1, 0.15) is 17.9 Å². The number of benzene rings is 2. The number of carbonyl (C=O) groups excluding carboxylic acids is 1. The van der Waals surface area contributed by atoms with Crippen molar-refractivity contribution in [2.45, 2.75) is 25.0 Å². The molecule has 5 N–H and O–H groups in total. The lowest BCUT2D eigenvalue weighted by atomic mass is 9.98. The molecule has 1 aliphatic rings. The van der Waals surface area contributed by atoms with E-state index in [1.165, 1.54) is 4.57 Å². The topological polar surface area (TPSA) is 149 Å². The Morgan fingerprint density at radius 3 is 2.44 bits per heavy atom. The van der Waals surface area contributed by atoms with Gasteiger partial charge in [-0.1, -0.05) is 48.5 Å². The zero-order chi connectivity index (χ0) is 24.6. The van der Waals surface area contributed by atoms with Crippen LogP contribution in [0.3, 0.4) is 0 Å². The predicted molar refractivity (Wildman–Crippen MR) is 128 cm³/mol. The van der Waals surface area contributed by atoms with E-state index in [0.29, 0.717) is 0 Å². The number of carboxylic acids is 1. The van der Waals surface area contributed by atoms with Gasteiger partial charge in [-0.2, -0.15) is 10.6 Å². The summed E-state index contributed by atoms with van der Waals surface area (Å²) in [4.78, 5) is 36.6. The second-order valence-electron chi connectivity index (χ2n) is 8.22. The summed E-state index contributed by atoms with van der Waals surface area (Å²) in [5.74, 6) is -3.51. The summed E-state index contributed by atoms with van der Waals surface area (Å²) in [6, 6.07) is 15.5. The van der Waals surface area contributed by atoms with Gasteiger partial charge in [-0.25, -0.2) is 0 Å².